The van der Waals surface area contributed by atoms with E-state index in [-0.39, 0.29) is 11.6 Å². The zero-order valence-electron chi connectivity index (χ0n) is 11.4. The fourth-order valence-corrected chi connectivity index (χ4v) is 2.71. The van der Waals surface area contributed by atoms with Gasteiger partial charge in [0, 0.05) is 12.8 Å². The van der Waals surface area contributed by atoms with Crippen LogP contribution in [0.4, 0.5) is 0 Å². The van der Waals surface area contributed by atoms with Gasteiger partial charge in [0.25, 0.3) is 0 Å². The van der Waals surface area contributed by atoms with Crippen LogP contribution in [0.1, 0.15) is 37.8 Å². The van der Waals surface area contributed by atoms with Crippen molar-refractivity contribution in [3.05, 3.63) is 24.0 Å². The van der Waals surface area contributed by atoms with Crippen molar-refractivity contribution in [3.63, 3.8) is 0 Å². The highest BCUT2D eigenvalue weighted by Gasteiger charge is 2.37. The Hall–Kier alpha value is -1.13. The van der Waals surface area contributed by atoms with E-state index in [1.807, 2.05) is 19.3 Å². The smallest absolute Gasteiger partial charge is 0.137 e. The third-order valence-electron chi connectivity index (χ3n) is 3.70. The first kappa shape index (κ1) is 13.3. The Morgan fingerprint density at radius 1 is 1.44 bits per heavy atom. The van der Waals surface area contributed by atoms with Gasteiger partial charge in [-0.2, -0.15) is 0 Å². The van der Waals surface area contributed by atoms with Crippen LogP contribution in [-0.4, -0.2) is 31.3 Å². The molecule has 1 saturated heterocycles. The molecule has 2 heterocycles. The first-order chi connectivity index (χ1) is 8.69. The minimum atomic E-state index is -0.166. The molecule has 4 nitrogen and oxygen atoms in total. The van der Waals surface area contributed by atoms with Crippen molar-refractivity contribution in [1.29, 1.82) is 0 Å². The summed E-state index contributed by atoms with van der Waals surface area (Å²) >= 11 is 0. The minimum Gasteiger partial charge on any atom is -0.495 e. The van der Waals surface area contributed by atoms with Crippen LogP contribution in [0.15, 0.2) is 18.5 Å². The van der Waals surface area contributed by atoms with E-state index in [9.17, 15) is 0 Å². The zero-order valence-corrected chi connectivity index (χ0v) is 11.4. The molecule has 18 heavy (non-hydrogen) atoms. The van der Waals surface area contributed by atoms with Gasteiger partial charge in [0.15, 0.2) is 0 Å². The molecule has 2 atom stereocenters. The number of ether oxygens (including phenoxy) is 2. The van der Waals surface area contributed by atoms with Crippen LogP contribution in [0, 0.1) is 0 Å². The van der Waals surface area contributed by atoms with E-state index in [0.29, 0.717) is 0 Å². The molecule has 1 aliphatic heterocycles. The Kier molecular flexibility index (Phi) is 4.19. The van der Waals surface area contributed by atoms with Crippen molar-refractivity contribution >= 4 is 0 Å². The number of likely N-dealkylation sites (N-methyl/N-ethyl adjacent to an activating group) is 1. The van der Waals surface area contributed by atoms with Crippen LogP contribution in [0.2, 0.25) is 0 Å². The van der Waals surface area contributed by atoms with Gasteiger partial charge in [0.2, 0.25) is 0 Å². The number of pyridine rings is 1. The molecule has 2 rings (SSSR count). The number of hydrogen-bond donors (Lipinski definition) is 1. The molecular formula is C14H22N2O2. The van der Waals surface area contributed by atoms with E-state index in [1.54, 1.807) is 13.3 Å². The van der Waals surface area contributed by atoms with E-state index in [2.05, 4.69) is 17.2 Å². The first-order valence-electron chi connectivity index (χ1n) is 6.50. The quantitative estimate of drug-likeness (QED) is 0.890. The lowest BCUT2D eigenvalue weighted by Crippen LogP contribution is -2.44. The summed E-state index contributed by atoms with van der Waals surface area (Å²) in [6.07, 6.45) is 7.04. The summed E-state index contributed by atoms with van der Waals surface area (Å²) < 4.78 is 11.3. The molecular weight excluding hydrogens is 228 g/mol. The van der Waals surface area contributed by atoms with Crippen LogP contribution in [0.25, 0.3) is 0 Å². The number of rotatable bonds is 4. The number of methoxy groups -OCH3 is 1. The molecule has 0 spiro atoms. The van der Waals surface area contributed by atoms with Gasteiger partial charge in [0.05, 0.1) is 24.9 Å². The molecule has 1 N–H and O–H groups in total. The van der Waals surface area contributed by atoms with Gasteiger partial charge in [-0.25, -0.2) is 0 Å². The molecule has 0 saturated carbocycles. The summed E-state index contributed by atoms with van der Waals surface area (Å²) in [7, 11) is 3.63. The molecule has 0 aliphatic carbocycles. The van der Waals surface area contributed by atoms with Crippen LogP contribution >= 0.6 is 0 Å². The summed E-state index contributed by atoms with van der Waals surface area (Å²) in [6.45, 7) is 3.01. The van der Waals surface area contributed by atoms with Crippen molar-refractivity contribution in [2.45, 2.75) is 37.8 Å². The molecule has 1 fully saturated rings. The summed E-state index contributed by atoms with van der Waals surface area (Å²) in [5.41, 5.74) is 0.947. The highest BCUT2D eigenvalue weighted by molar-refractivity contribution is 5.28. The fraction of sp³-hybridized carbons (Fsp3) is 0.643. The maximum atomic E-state index is 6.02. The van der Waals surface area contributed by atoms with Crippen LogP contribution in [-0.2, 0) is 4.74 Å². The van der Waals surface area contributed by atoms with E-state index in [0.717, 1.165) is 30.8 Å². The standard InChI is InChI=1S/C14H22N2O2/c1-14(6-4-5-7-18-14)13(15-2)11-8-12(17-3)10-16-9-11/h8-10,13,15H,4-7H2,1-3H3. The lowest BCUT2D eigenvalue weighted by atomic mass is 9.84. The second-order valence-corrected chi connectivity index (χ2v) is 5.00. The molecule has 1 aliphatic rings. The Balaban J connectivity index is 2.26. The number of hydrogen-bond acceptors (Lipinski definition) is 4. The van der Waals surface area contributed by atoms with Crippen molar-refractivity contribution in [2.24, 2.45) is 0 Å². The van der Waals surface area contributed by atoms with Gasteiger partial charge in [-0.1, -0.05) is 0 Å². The summed E-state index contributed by atoms with van der Waals surface area (Å²) in [4.78, 5) is 4.23. The predicted octanol–water partition coefficient (Wildman–Crippen LogP) is 2.31. The molecule has 0 radical (unpaired) electrons. The highest BCUT2D eigenvalue weighted by Crippen LogP contribution is 2.36. The summed E-state index contributed by atoms with van der Waals surface area (Å²) in [5.74, 6) is 0.784. The van der Waals surface area contributed by atoms with Crippen LogP contribution in [0.5, 0.6) is 5.75 Å². The average Bonchev–Trinajstić information content (AvgIpc) is 2.40. The topological polar surface area (TPSA) is 43.4 Å². The average molecular weight is 250 g/mol. The normalized spacial score (nSPS) is 25.7. The fourth-order valence-electron chi connectivity index (χ4n) is 2.71. The Morgan fingerprint density at radius 3 is 2.89 bits per heavy atom. The van der Waals surface area contributed by atoms with Crippen molar-refractivity contribution in [1.82, 2.24) is 10.3 Å². The monoisotopic (exact) mass is 250 g/mol. The van der Waals surface area contributed by atoms with Crippen LogP contribution in [0.3, 0.4) is 0 Å². The Labute approximate surface area is 109 Å². The Bertz CT molecular complexity index is 389. The van der Waals surface area contributed by atoms with Crippen molar-refractivity contribution < 1.29 is 9.47 Å². The summed E-state index contributed by atoms with van der Waals surface area (Å²) in [6, 6.07) is 2.16. The maximum Gasteiger partial charge on any atom is 0.137 e. The summed E-state index contributed by atoms with van der Waals surface area (Å²) in [5, 5.41) is 3.36. The van der Waals surface area contributed by atoms with Gasteiger partial charge in [-0.15, -0.1) is 0 Å². The molecule has 2 unspecified atom stereocenters. The van der Waals surface area contributed by atoms with E-state index < -0.39 is 0 Å². The third kappa shape index (κ3) is 2.65. The molecule has 0 amide bonds. The van der Waals surface area contributed by atoms with Gasteiger partial charge in [0.1, 0.15) is 5.75 Å². The molecule has 1 aromatic rings. The van der Waals surface area contributed by atoms with Gasteiger partial charge in [-0.05, 0) is 44.9 Å². The van der Waals surface area contributed by atoms with E-state index in [4.69, 9.17) is 9.47 Å². The molecule has 4 heteroatoms. The van der Waals surface area contributed by atoms with Crippen LogP contribution < -0.4 is 10.1 Å². The highest BCUT2D eigenvalue weighted by atomic mass is 16.5. The molecule has 1 aromatic heterocycles. The Morgan fingerprint density at radius 2 is 2.28 bits per heavy atom. The SMILES string of the molecule is CNC(c1cncc(OC)c1)C1(C)CCCCO1. The number of nitrogens with one attached hydrogen (secondary N) is 1. The van der Waals surface area contributed by atoms with Crippen molar-refractivity contribution in [3.8, 4) is 5.75 Å². The number of nitrogens with zero attached hydrogens (tertiary/aromatic N) is 1. The van der Waals surface area contributed by atoms with Crippen molar-refractivity contribution in [2.75, 3.05) is 20.8 Å². The van der Waals surface area contributed by atoms with Gasteiger partial charge in [-0.3, -0.25) is 4.98 Å². The van der Waals surface area contributed by atoms with Gasteiger partial charge >= 0.3 is 0 Å². The van der Waals surface area contributed by atoms with Gasteiger partial charge < -0.3 is 14.8 Å². The molecule has 100 valence electrons. The largest absolute Gasteiger partial charge is 0.495 e. The maximum absolute atomic E-state index is 6.02. The number of aromatic nitrogens is 1. The molecule has 0 bridgehead atoms. The molecule has 0 aromatic carbocycles. The lowest BCUT2D eigenvalue weighted by molar-refractivity contribution is -0.0885. The van der Waals surface area contributed by atoms with E-state index in [1.165, 1.54) is 6.42 Å². The lowest BCUT2D eigenvalue weighted by Gasteiger charge is -2.40. The predicted molar refractivity (Wildman–Crippen MR) is 70.8 cm³/mol. The zero-order chi connectivity index (χ0) is 13.0. The third-order valence-corrected chi connectivity index (χ3v) is 3.70. The second-order valence-electron chi connectivity index (χ2n) is 5.00. The first-order valence-corrected chi connectivity index (χ1v) is 6.50. The second kappa shape index (κ2) is 5.67. The van der Waals surface area contributed by atoms with E-state index >= 15 is 0 Å². The minimum absolute atomic E-state index is 0.139.